The molecule has 0 saturated heterocycles. The monoisotopic (exact) mass is 479 g/mol. The van der Waals surface area contributed by atoms with Crippen molar-refractivity contribution in [1.29, 1.82) is 0 Å². The fourth-order valence-electron chi connectivity index (χ4n) is 5.13. The first kappa shape index (κ1) is 21.8. The highest BCUT2D eigenvalue weighted by Gasteiger charge is 2.39. The molecule has 4 aromatic rings. The summed E-state index contributed by atoms with van der Waals surface area (Å²) in [7, 11) is 0. The first-order valence-electron chi connectivity index (χ1n) is 11.6. The van der Waals surface area contributed by atoms with Gasteiger partial charge in [-0.15, -0.1) is 0 Å². The highest BCUT2D eigenvalue weighted by molar-refractivity contribution is 6.21. The Labute approximate surface area is 205 Å². The third-order valence-electron chi connectivity index (χ3n) is 6.78. The Morgan fingerprint density at radius 3 is 2.56 bits per heavy atom. The zero-order valence-electron chi connectivity index (χ0n) is 19.6. The third-order valence-corrected chi connectivity index (χ3v) is 6.78. The maximum absolute atomic E-state index is 14.0. The number of nitro groups is 1. The largest absolute Gasteiger partial charge is 0.308 e. The molecule has 178 valence electrons. The van der Waals surface area contributed by atoms with Crippen LogP contribution >= 0.6 is 0 Å². The number of aliphatic imine (C=N–C) groups is 1. The number of benzene rings is 3. The highest BCUT2D eigenvalue weighted by Crippen LogP contribution is 2.40. The van der Waals surface area contributed by atoms with Gasteiger partial charge in [-0.05, 0) is 43.5 Å². The molecule has 6 rings (SSSR count). The number of rotatable bonds is 3. The fourth-order valence-corrected chi connectivity index (χ4v) is 5.13. The van der Waals surface area contributed by atoms with E-state index < -0.39 is 11.1 Å². The van der Waals surface area contributed by atoms with Gasteiger partial charge in [-0.3, -0.25) is 24.3 Å². The van der Waals surface area contributed by atoms with Crippen LogP contribution in [0.2, 0.25) is 0 Å². The molecule has 3 heterocycles. The van der Waals surface area contributed by atoms with Gasteiger partial charge >= 0.3 is 0 Å². The van der Waals surface area contributed by atoms with Crippen LogP contribution in [0, 0.1) is 24.0 Å². The summed E-state index contributed by atoms with van der Waals surface area (Å²) in [6.07, 6.45) is -0.725. The zero-order valence-corrected chi connectivity index (χ0v) is 19.6. The van der Waals surface area contributed by atoms with Crippen molar-refractivity contribution in [1.82, 2.24) is 9.55 Å². The first-order valence-corrected chi connectivity index (χ1v) is 11.6. The molecule has 1 unspecified atom stereocenters. The van der Waals surface area contributed by atoms with Gasteiger partial charge in [-0.2, -0.15) is 0 Å². The number of fused-ring (bicyclic) bond motifs is 1. The van der Waals surface area contributed by atoms with Crippen molar-refractivity contribution >= 4 is 33.9 Å². The normalized spacial score (nSPS) is 16.6. The second kappa shape index (κ2) is 7.94. The first-order chi connectivity index (χ1) is 17.3. The van der Waals surface area contributed by atoms with Gasteiger partial charge < -0.3 is 4.90 Å². The van der Waals surface area contributed by atoms with E-state index in [2.05, 4.69) is 4.98 Å². The Kier molecular flexibility index (Phi) is 4.82. The number of aromatic nitrogens is 2. The molecule has 0 fully saturated rings. The summed E-state index contributed by atoms with van der Waals surface area (Å²) in [4.78, 5) is 50.0. The van der Waals surface area contributed by atoms with E-state index in [9.17, 15) is 19.7 Å². The molecular weight excluding hydrogens is 458 g/mol. The van der Waals surface area contributed by atoms with Crippen LogP contribution in [0.3, 0.4) is 0 Å². The number of carbonyl (C=O) groups is 1. The van der Waals surface area contributed by atoms with E-state index in [4.69, 9.17) is 4.99 Å². The number of hydrogen-bond donors (Lipinski definition) is 0. The van der Waals surface area contributed by atoms with E-state index in [0.29, 0.717) is 57.8 Å². The van der Waals surface area contributed by atoms with Gasteiger partial charge in [0.15, 0.2) is 0 Å². The molecule has 2 aliphatic heterocycles. The lowest BCUT2D eigenvalue weighted by Gasteiger charge is -2.22. The van der Waals surface area contributed by atoms with Gasteiger partial charge in [0, 0.05) is 29.8 Å². The lowest BCUT2D eigenvalue weighted by molar-refractivity contribution is -0.384. The SMILES string of the molecule is Cc1ccc2c(=O)n(C3N=C(c4ccccc4)c4cc([N+](=O)[O-])cc5c4N(CC5)C3=O)c(C)nc2c1. The predicted octanol–water partition coefficient (Wildman–Crippen LogP) is 3.86. The summed E-state index contributed by atoms with van der Waals surface area (Å²) < 4.78 is 1.33. The minimum Gasteiger partial charge on any atom is -0.308 e. The van der Waals surface area contributed by atoms with Gasteiger partial charge in [-0.1, -0.05) is 36.4 Å². The molecule has 2 aliphatic rings. The second-order valence-corrected chi connectivity index (χ2v) is 9.07. The summed E-state index contributed by atoms with van der Waals surface area (Å²) in [5.74, 6) is -0.00258. The van der Waals surface area contributed by atoms with Crippen LogP contribution in [0.5, 0.6) is 0 Å². The zero-order chi connectivity index (χ0) is 25.1. The maximum atomic E-state index is 14.0. The number of hydrogen-bond acceptors (Lipinski definition) is 6. The molecule has 0 aliphatic carbocycles. The Bertz CT molecular complexity index is 1690. The molecule has 9 nitrogen and oxygen atoms in total. The molecular formula is C27H21N5O4. The number of nitrogens with zero attached hydrogens (tertiary/aromatic N) is 5. The van der Waals surface area contributed by atoms with Gasteiger partial charge in [0.05, 0.1) is 27.2 Å². The Balaban J connectivity index is 1.66. The van der Waals surface area contributed by atoms with Crippen LogP contribution in [0.1, 0.15) is 34.2 Å². The molecule has 0 spiro atoms. The van der Waals surface area contributed by atoms with Gasteiger partial charge in [0.1, 0.15) is 5.82 Å². The third kappa shape index (κ3) is 3.24. The minimum atomic E-state index is -1.21. The number of aryl methyl sites for hydroxylation is 2. The van der Waals surface area contributed by atoms with Crippen LogP contribution in [0.15, 0.2) is 70.5 Å². The van der Waals surface area contributed by atoms with E-state index in [-0.39, 0.29) is 17.2 Å². The second-order valence-electron chi connectivity index (χ2n) is 9.07. The average Bonchev–Trinajstić information content (AvgIpc) is 3.24. The number of anilines is 1. The van der Waals surface area contributed by atoms with E-state index in [1.165, 1.54) is 16.7 Å². The molecule has 0 N–H and O–H groups in total. The number of non-ortho nitro benzene ring substituents is 1. The highest BCUT2D eigenvalue weighted by atomic mass is 16.6. The number of carbonyl (C=O) groups excluding carboxylic acids is 1. The predicted molar refractivity (Wildman–Crippen MR) is 136 cm³/mol. The van der Waals surface area contributed by atoms with Crippen LogP contribution in [0.4, 0.5) is 11.4 Å². The summed E-state index contributed by atoms with van der Waals surface area (Å²) in [5, 5.41) is 12.1. The smallest absolute Gasteiger partial charge is 0.272 e. The van der Waals surface area contributed by atoms with Gasteiger partial charge in [0.2, 0.25) is 6.17 Å². The molecule has 1 amide bonds. The standard InChI is InChI=1S/C27H21N5O4/c1-15-8-9-20-22(12-15)28-16(2)31(26(20)33)25-27(34)30-11-10-18-13-19(32(35)36)14-21(24(18)30)23(29-25)17-6-4-3-5-7-17/h3-9,12-14,25H,10-11H2,1-2H3. The van der Waals surface area contributed by atoms with Gasteiger partial charge in [0.25, 0.3) is 17.2 Å². The molecule has 0 saturated carbocycles. The Hall–Kier alpha value is -4.66. The summed E-state index contributed by atoms with van der Waals surface area (Å²) in [6.45, 7) is 3.96. The number of amides is 1. The van der Waals surface area contributed by atoms with Crippen LogP contribution in [0.25, 0.3) is 10.9 Å². The van der Waals surface area contributed by atoms with E-state index in [1.807, 2.05) is 49.4 Å². The van der Waals surface area contributed by atoms with Crippen molar-refractivity contribution in [2.75, 3.05) is 11.4 Å². The van der Waals surface area contributed by atoms with Crippen molar-refractivity contribution in [3.8, 4) is 0 Å². The minimum absolute atomic E-state index is 0.0591. The van der Waals surface area contributed by atoms with Crippen molar-refractivity contribution in [2.24, 2.45) is 4.99 Å². The van der Waals surface area contributed by atoms with E-state index in [0.717, 1.165) is 5.56 Å². The molecule has 0 radical (unpaired) electrons. The molecule has 1 aromatic heterocycles. The lowest BCUT2D eigenvalue weighted by atomic mass is 9.97. The Morgan fingerprint density at radius 2 is 1.81 bits per heavy atom. The summed E-state index contributed by atoms with van der Waals surface area (Å²) in [6, 6.07) is 17.6. The fraction of sp³-hybridized carbons (Fsp3) is 0.185. The van der Waals surface area contributed by atoms with Crippen molar-refractivity contribution in [2.45, 2.75) is 26.4 Å². The molecule has 9 heteroatoms. The van der Waals surface area contributed by atoms with E-state index in [1.54, 1.807) is 17.9 Å². The summed E-state index contributed by atoms with van der Waals surface area (Å²) >= 11 is 0. The lowest BCUT2D eigenvalue weighted by Crippen LogP contribution is -2.39. The van der Waals surface area contributed by atoms with Crippen molar-refractivity contribution < 1.29 is 9.72 Å². The Morgan fingerprint density at radius 1 is 1.03 bits per heavy atom. The summed E-state index contributed by atoms with van der Waals surface area (Å²) in [5.41, 5.74) is 4.08. The van der Waals surface area contributed by atoms with E-state index >= 15 is 0 Å². The van der Waals surface area contributed by atoms with Gasteiger partial charge in [-0.25, -0.2) is 9.98 Å². The molecule has 3 aromatic carbocycles. The van der Waals surface area contributed by atoms with Crippen LogP contribution < -0.4 is 10.5 Å². The molecule has 36 heavy (non-hydrogen) atoms. The average molecular weight is 479 g/mol. The van der Waals surface area contributed by atoms with Crippen LogP contribution in [-0.4, -0.2) is 32.6 Å². The van der Waals surface area contributed by atoms with Crippen molar-refractivity contribution in [3.63, 3.8) is 0 Å². The molecule has 0 bridgehead atoms. The quantitative estimate of drug-likeness (QED) is 0.327. The van der Waals surface area contributed by atoms with Crippen LogP contribution in [-0.2, 0) is 11.2 Å². The maximum Gasteiger partial charge on any atom is 0.272 e. The number of nitro benzene ring substituents is 1. The topological polar surface area (TPSA) is 111 Å². The van der Waals surface area contributed by atoms with Crippen molar-refractivity contribution in [3.05, 3.63) is 109 Å². The molecule has 1 atom stereocenters.